The topological polar surface area (TPSA) is 70.5 Å². The molecule has 2 aliphatic rings. The molecule has 3 heterocycles. The summed E-state index contributed by atoms with van der Waals surface area (Å²) in [4.78, 5) is 10.1. The lowest BCUT2D eigenvalue weighted by atomic mass is 9.91. The molecule has 33 heavy (non-hydrogen) atoms. The number of fused-ring (bicyclic) bond motifs is 1. The van der Waals surface area contributed by atoms with Crippen LogP contribution in [0.25, 0.3) is 11.0 Å². The minimum atomic E-state index is -3.16. The average molecular weight is 468 g/mol. The number of hydrogen-bond donors (Lipinski definition) is 1. The molecule has 0 atom stereocenters. The Kier molecular flexibility index (Phi) is 6.05. The monoisotopic (exact) mass is 467 g/mol. The summed E-state index contributed by atoms with van der Waals surface area (Å²) in [6.45, 7) is 3.54. The fraction of sp³-hybridized carbons (Fsp3) is 0.480. The number of anilines is 2. The zero-order valence-electron chi connectivity index (χ0n) is 19.4. The van der Waals surface area contributed by atoms with Crippen molar-refractivity contribution in [3.63, 3.8) is 0 Å². The van der Waals surface area contributed by atoms with E-state index < -0.39 is 9.84 Å². The smallest absolute Gasteiger partial charge is 0.175 e. The van der Waals surface area contributed by atoms with E-state index in [0.717, 1.165) is 43.3 Å². The van der Waals surface area contributed by atoms with Crippen molar-refractivity contribution in [2.75, 3.05) is 49.3 Å². The predicted octanol–water partition coefficient (Wildman–Crippen LogP) is 3.47. The summed E-state index contributed by atoms with van der Waals surface area (Å²) in [6.07, 6.45) is 8.27. The summed E-state index contributed by atoms with van der Waals surface area (Å²) in [5.41, 5.74) is 2.16. The Labute approximate surface area is 196 Å². The van der Waals surface area contributed by atoms with Gasteiger partial charge in [-0.2, -0.15) is 0 Å². The summed E-state index contributed by atoms with van der Waals surface area (Å²) < 4.78 is 25.8. The molecule has 1 saturated heterocycles. The summed E-state index contributed by atoms with van der Waals surface area (Å²) in [7, 11) is -1.10. The van der Waals surface area contributed by atoms with E-state index in [4.69, 9.17) is 4.98 Å². The van der Waals surface area contributed by atoms with Crippen LogP contribution in [-0.2, 0) is 9.84 Å². The molecule has 8 heteroatoms. The van der Waals surface area contributed by atoms with Gasteiger partial charge in [0.1, 0.15) is 11.5 Å². The van der Waals surface area contributed by atoms with Crippen LogP contribution in [-0.4, -0.2) is 63.5 Å². The fourth-order valence-corrected chi connectivity index (χ4v) is 5.86. The number of pyridine rings is 1. The van der Waals surface area contributed by atoms with E-state index in [1.165, 1.54) is 37.3 Å². The molecule has 0 radical (unpaired) electrons. The van der Waals surface area contributed by atoms with Crippen LogP contribution in [0.3, 0.4) is 0 Å². The van der Waals surface area contributed by atoms with E-state index in [2.05, 4.69) is 51.1 Å². The first-order valence-corrected chi connectivity index (χ1v) is 13.8. The first kappa shape index (κ1) is 22.2. The molecule has 1 aromatic carbocycles. The number of rotatable bonds is 5. The van der Waals surface area contributed by atoms with Gasteiger partial charge in [-0.15, -0.1) is 0 Å². The Morgan fingerprint density at radius 1 is 0.879 bits per heavy atom. The van der Waals surface area contributed by atoms with E-state index in [9.17, 15) is 8.42 Å². The highest BCUT2D eigenvalue weighted by Crippen LogP contribution is 2.32. The Balaban J connectivity index is 1.28. The van der Waals surface area contributed by atoms with Gasteiger partial charge in [0.15, 0.2) is 9.84 Å². The Bertz CT molecular complexity index is 1210. The maximum Gasteiger partial charge on any atom is 0.175 e. The molecule has 0 spiro atoms. The number of sulfone groups is 1. The van der Waals surface area contributed by atoms with Crippen LogP contribution in [0, 0.1) is 0 Å². The maximum atomic E-state index is 11.7. The molecule has 2 fully saturated rings. The molecule has 7 nitrogen and oxygen atoms in total. The number of piperazine rings is 1. The minimum Gasteiger partial charge on any atom is -0.368 e. The van der Waals surface area contributed by atoms with Gasteiger partial charge in [-0.05, 0) is 75.2 Å². The van der Waals surface area contributed by atoms with Crippen molar-refractivity contribution >= 4 is 32.4 Å². The van der Waals surface area contributed by atoms with Gasteiger partial charge < -0.3 is 19.7 Å². The van der Waals surface area contributed by atoms with Gasteiger partial charge >= 0.3 is 0 Å². The van der Waals surface area contributed by atoms with Gasteiger partial charge in [0.2, 0.25) is 0 Å². The average Bonchev–Trinajstić information content (AvgIpc) is 3.27. The number of benzene rings is 1. The van der Waals surface area contributed by atoms with Gasteiger partial charge in [-0.25, -0.2) is 13.4 Å². The normalized spacial score (nSPS) is 22.1. The van der Waals surface area contributed by atoms with E-state index in [1.807, 2.05) is 12.1 Å². The lowest BCUT2D eigenvalue weighted by molar-refractivity contribution is 0.305. The predicted molar refractivity (Wildman–Crippen MR) is 134 cm³/mol. The van der Waals surface area contributed by atoms with Gasteiger partial charge in [0, 0.05) is 61.8 Å². The van der Waals surface area contributed by atoms with Crippen molar-refractivity contribution in [1.29, 1.82) is 0 Å². The second-order valence-electron chi connectivity index (χ2n) is 9.34. The van der Waals surface area contributed by atoms with Crippen molar-refractivity contribution < 1.29 is 8.42 Å². The molecule has 0 unspecified atom stereocenters. The zero-order valence-corrected chi connectivity index (χ0v) is 20.3. The molecule has 0 amide bonds. The van der Waals surface area contributed by atoms with E-state index in [-0.39, 0.29) is 0 Å². The second kappa shape index (κ2) is 8.99. The molecule has 5 rings (SSSR count). The van der Waals surface area contributed by atoms with Crippen molar-refractivity contribution in [2.24, 2.45) is 0 Å². The summed E-state index contributed by atoms with van der Waals surface area (Å²) >= 11 is 0. The number of nitrogens with one attached hydrogen (secondary N) is 1. The zero-order chi connectivity index (χ0) is 23.0. The third kappa shape index (κ3) is 4.59. The lowest BCUT2D eigenvalue weighted by Gasteiger charge is -2.37. The van der Waals surface area contributed by atoms with Crippen molar-refractivity contribution in [3.05, 3.63) is 48.7 Å². The largest absolute Gasteiger partial charge is 0.368 e. The number of nitrogens with zero attached hydrogens (tertiary/aromatic N) is 4. The second-order valence-corrected chi connectivity index (χ2v) is 11.4. The third-order valence-electron chi connectivity index (χ3n) is 7.28. The van der Waals surface area contributed by atoms with Crippen molar-refractivity contribution in [2.45, 2.75) is 42.7 Å². The summed E-state index contributed by atoms with van der Waals surface area (Å²) in [6, 6.07) is 14.9. The van der Waals surface area contributed by atoms with Crippen molar-refractivity contribution in [3.8, 4) is 0 Å². The highest BCUT2D eigenvalue weighted by Gasteiger charge is 2.24. The number of hydrogen-bond acceptors (Lipinski definition) is 6. The number of aromatic nitrogens is 2. The standard InChI is InChI=1S/C25H33N5O2S/c1-26-20-4-6-22(7-5-20)30-14-13-19-3-12-24(27-25(19)30)29-17-15-28(16-18-29)21-8-10-23(11-9-21)33(2,31)32/h3,8-14,20,22,26H,4-7,15-18H2,1-2H3. The molecule has 0 bridgehead atoms. The maximum absolute atomic E-state index is 11.7. The first-order valence-electron chi connectivity index (χ1n) is 11.9. The SMILES string of the molecule is CNC1CCC(n2ccc3ccc(N4CCN(c5ccc(S(C)(=O)=O)cc5)CC4)nc32)CC1. The quantitative estimate of drug-likeness (QED) is 0.620. The highest BCUT2D eigenvalue weighted by molar-refractivity contribution is 7.90. The Morgan fingerprint density at radius 2 is 1.55 bits per heavy atom. The van der Waals surface area contributed by atoms with Crippen LogP contribution < -0.4 is 15.1 Å². The molecule has 176 valence electrons. The molecule has 1 saturated carbocycles. The van der Waals surface area contributed by atoms with Gasteiger partial charge in [-0.3, -0.25) is 0 Å². The van der Waals surface area contributed by atoms with Gasteiger partial charge in [0.05, 0.1) is 4.90 Å². The molecule has 2 aromatic heterocycles. The van der Waals surface area contributed by atoms with Crippen LogP contribution in [0.5, 0.6) is 0 Å². The van der Waals surface area contributed by atoms with E-state index in [1.54, 1.807) is 12.1 Å². The highest BCUT2D eigenvalue weighted by atomic mass is 32.2. The Morgan fingerprint density at radius 3 is 2.18 bits per heavy atom. The summed E-state index contributed by atoms with van der Waals surface area (Å²) in [5.74, 6) is 1.04. The molecular weight excluding hydrogens is 434 g/mol. The third-order valence-corrected chi connectivity index (χ3v) is 8.41. The molecular formula is C25H33N5O2S. The van der Waals surface area contributed by atoms with Crippen LogP contribution in [0.2, 0.25) is 0 Å². The molecule has 3 aromatic rings. The molecule has 1 aliphatic heterocycles. The van der Waals surface area contributed by atoms with Crippen LogP contribution >= 0.6 is 0 Å². The minimum absolute atomic E-state index is 0.366. The van der Waals surface area contributed by atoms with Crippen LogP contribution in [0.15, 0.2) is 53.6 Å². The lowest BCUT2D eigenvalue weighted by Crippen LogP contribution is -2.46. The first-order chi connectivity index (χ1) is 15.9. The fourth-order valence-electron chi connectivity index (χ4n) is 5.23. The van der Waals surface area contributed by atoms with E-state index >= 15 is 0 Å². The molecule has 1 N–H and O–H groups in total. The van der Waals surface area contributed by atoms with Crippen LogP contribution in [0.4, 0.5) is 11.5 Å². The van der Waals surface area contributed by atoms with E-state index in [0.29, 0.717) is 17.0 Å². The van der Waals surface area contributed by atoms with Crippen LogP contribution in [0.1, 0.15) is 31.7 Å². The Hall–Kier alpha value is -2.58. The summed E-state index contributed by atoms with van der Waals surface area (Å²) in [5, 5.41) is 4.63. The molecule has 1 aliphatic carbocycles. The van der Waals surface area contributed by atoms with Gasteiger partial charge in [-0.1, -0.05) is 0 Å². The van der Waals surface area contributed by atoms with Crippen molar-refractivity contribution in [1.82, 2.24) is 14.9 Å². The van der Waals surface area contributed by atoms with Gasteiger partial charge in [0.25, 0.3) is 0 Å².